The monoisotopic (exact) mass is 290 g/mol. The SMILES string of the molecule is CC(=O)OC(C)(C)CCC(=O)CCC(=O)c1ccccc1. The molecule has 0 saturated carbocycles. The fourth-order valence-corrected chi connectivity index (χ4v) is 2.03. The van der Waals surface area contributed by atoms with Gasteiger partial charge in [-0.3, -0.25) is 14.4 Å². The van der Waals surface area contributed by atoms with Gasteiger partial charge in [0.15, 0.2) is 5.78 Å². The molecule has 0 saturated heterocycles. The van der Waals surface area contributed by atoms with Crippen LogP contribution < -0.4 is 0 Å². The van der Waals surface area contributed by atoms with Crippen molar-refractivity contribution >= 4 is 17.5 Å². The molecule has 0 atom stereocenters. The molecule has 0 amide bonds. The topological polar surface area (TPSA) is 60.4 Å². The Morgan fingerprint density at radius 2 is 1.62 bits per heavy atom. The van der Waals surface area contributed by atoms with Gasteiger partial charge < -0.3 is 4.74 Å². The van der Waals surface area contributed by atoms with Crippen molar-refractivity contribution in [1.82, 2.24) is 0 Å². The molecule has 21 heavy (non-hydrogen) atoms. The molecule has 0 aliphatic rings. The van der Waals surface area contributed by atoms with Gasteiger partial charge in [-0.2, -0.15) is 0 Å². The molecular weight excluding hydrogens is 268 g/mol. The van der Waals surface area contributed by atoms with Gasteiger partial charge in [0.05, 0.1) is 0 Å². The first-order chi connectivity index (χ1) is 9.80. The van der Waals surface area contributed by atoms with E-state index in [1.165, 1.54) is 6.92 Å². The zero-order valence-corrected chi connectivity index (χ0v) is 12.8. The minimum Gasteiger partial charge on any atom is -0.460 e. The standard InChI is InChI=1S/C17H22O4/c1-13(18)21-17(2,3)12-11-15(19)9-10-16(20)14-7-5-4-6-8-14/h4-8H,9-12H2,1-3H3. The Hall–Kier alpha value is -1.97. The summed E-state index contributed by atoms with van der Waals surface area (Å²) in [6, 6.07) is 8.94. The second-order valence-electron chi connectivity index (χ2n) is 5.68. The van der Waals surface area contributed by atoms with E-state index < -0.39 is 5.60 Å². The molecule has 114 valence electrons. The normalized spacial score (nSPS) is 11.0. The maximum atomic E-state index is 11.9. The summed E-state index contributed by atoms with van der Waals surface area (Å²) < 4.78 is 5.12. The first-order valence-electron chi connectivity index (χ1n) is 7.10. The van der Waals surface area contributed by atoms with Gasteiger partial charge in [-0.15, -0.1) is 0 Å². The van der Waals surface area contributed by atoms with Crippen molar-refractivity contribution in [3.05, 3.63) is 35.9 Å². The lowest BCUT2D eigenvalue weighted by Gasteiger charge is -2.23. The Bertz CT molecular complexity index is 503. The fourth-order valence-electron chi connectivity index (χ4n) is 2.03. The van der Waals surface area contributed by atoms with Crippen molar-refractivity contribution in [3.8, 4) is 0 Å². The summed E-state index contributed by atoms with van der Waals surface area (Å²) in [6.45, 7) is 4.90. The summed E-state index contributed by atoms with van der Waals surface area (Å²) in [5.74, 6) is -0.366. The summed E-state index contributed by atoms with van der Waals surface area (Å²) in [5.41, 5.74) is -0.0178. The molecule has 0 unspecified atom stereocenters. The smallest absolute Gasteiger partial charge is 0.303 e. The van der Waals surface area contributed by atoms with Crippen LogP contribution in [0.25, 0.3) is 0 Å². The van der Waals surface area contributed by atoms with E-state index in [4.69, 9.17) is 4.74 Å². The first kappa shape index (κ1) is 17.1. The van der Waals surface area contributed by atoms with E-state index in [9.17, 15) is 14.4 Å². The van der Waals surface area contributed by atoms with Crippen LogP contribution in [0.2, 0.25) is 0 Å². The molecule has 4 heteroatoms. The van der Waals surface area contributed by atoms with Gasteiger partial charge in [0.25, 0.3) is 0 Å². The van der Waals surface area contributed by atoms with Crippen molar-refractivity contribution in [2.24, 2.45) is 0 Å². The summed E-state index contributed by atoms with van der Waals surface area (Å²) in [5, 5.41) is 0. The summed E-state index contributed by atoms with van der Waals surface area (Å²) >= 11 is 0. The van der Waals surface area contributed by atoms with E-state index in [0.29, 0.717) is 18.4 Å². The molecule has 1 rings (SSSR count). The number of carbonyl (C=O) groups is 3. The second-order valence-corrected chi connectivity index (χ2v) is 5.68. The maximum absolute atomic E-state index is 11.9. The van der Waals surface area contributed by atoms with Crippen LogP contribution in [0.15, 0.2) is 30.3 Å². The summed E-state index contributed by atoms with van der Waals surface area (Å²) in [7, 11) is 0. The van der Waals surface area contributed by atoms with Crippen LogP contribution >= 0.6 is 0 Å². The zero-order chi connectivity index (χ0) is 15.9. The molecule has 1 aromatic rings. The third kappa shape index (κ3) is 6.84. The van der Waals surface area contributed by atoms with E-state index >= 15 is 0 Å². The van der Waals surface area contributed by atoms with E-state index in [0.717, 1.165) is 0 Å². The molecule has 0 radical (unpaired) electrons. The lowest BCUT2D eigenvalue weighted by molar-refractivity contribution is -0.154. The van der Waals surface area contributed by atoms with E-state index in [2.05, 4.69) is 0 Å². The summed E-state index contributed by atoms with van der Waals surface area (Å²) in [6.07, 6.45) is 1.22. The molecule has 0 spiro atoms. The third-order valence-electron chi connectivity index (χ3n) is 3.15. The van der Waals surface area contributed by atoms with Crippen molar-refractivity contribution in [3.63, 3.8) is 0 Å². The minimum atomic E-state index is -0.648. The molecule has 0 fully saturated rings. The lowest BCUT2D eigenvalue weighted by atomic mass is 9.97. The van der Waals surface area contributed by atoms with Gasteiger partial charge in [-0.1, -0.05) is 30.3 Å². The van der Waals surface area contributed by atoms with Crippen molar-refractivity contribution in [2.45, 2.75) is 52.1 Å². The molecule has 0 heterocycles. The number of carbonyl (C=O) groups excluding carboxylic acids is 3. The van der Waals surface area contributed by atoms with E-state index in [-0.39, 0.29) is 30.4 Å². The first-order valence-corrected chi connectivity index (χ1v) is 7.10. The quantitative estimate of drug-likeness (QED) is 0.544. The highest BCUT2D eigenvalue weighted by Crippen LogP contribution is 2.18. The predicted octanol–water partition coefficient (Wildman–Crippen LogP) is 3.34. The van der Waals surface area contributed by atoms with Crippen LogP contribution in [-0.4, -0.2) is 23.1 Å². The van der Waals surface area contributed by atoms with Gasteiger partial charge >= 0.3 is 5.97 Å². The number of hydrogen-bond acceptors (Lipinski definition) is 4. The molecule has 0 bridgehead atoms. The molecule has 4 nitrogen and oxygen atoms in total. The Morgan fingerprint density at radius 1 is 1.00 bits per heavy atom. The Morgan fingerprint density at radius 3 is 2.19 bits per heavy atom. The highest BCUT2D eigenvalue weighted by Gasteiger charge is 2.22. The highest BCUT2D eigenvalue weighted by atomic mass is 16.6. The predicted molar refractivity (Wildman–Crippen MR) is 80.1 cm³/mol. The Balaban J connectivity index is 2.35. The minimum absolute atomic E-state index is 0.0134. The van der Waals surface area contributed by atoms with Gasteiger partial charge in [0.1, 0.15) is 11.4 Å². The number of benzene rings is 1. The van der Waals surface area contributed by atoms with Gasteiger partial charge in [0.2, 0.25) is 0 Å². The van der Waals surface area contributed by atoms with Crippen LogP contribution in [0.1, 0.15) is 56.8 Å². The van der Waals surface area contributed by atoms with Crippen molar-refractivity contribution < 1.29 is 19.1 Å². The zero-order valence-electron chi connectivity index (χ0n) is 12.8. The average molecular weight is 290 g/mol. The van der Waals surface area contributed by atoms with Gasteiger partial charge in [-0.25, -0.2) is 0 Å². The molecule has 0 aromatic heterocycles. The largest absolute Gasteiger partial charge is 0.460 e. The van der Waals surface area contributed by atoms with Gasteiger partial charge in [-0.05, 0) is 20.3 Å². The van der Waals surface area contributed by atoms with E-state index in [1.54, 1.807) is 38.1 Å². The fraction of sp³-hybridized carbons (Fsp3) is 0.471. The molecule has 0 aliphatic heterocycles. The van der Waals surface area contributed by atoms with Crippen LogP contribution in [0.3, 0.4) is 0 Å². The van der Waals surface area contributed by atoms with Crippen LogP contribution in [0.5, 0.6) is 0 Å². The van der Waals surface area contributed by atoms with Gasteiger partial charge in [0, 0.05) is 31.7 Å². The van der Waals surface area contributed by atoms with Crippen molar-refractivity contribution in [2.75, 3.05) is 0 Å². The Kier molecular flexibility index (Phi) is 6.28. The number of ketones is 2. The molecular formula is C17H22O4. The van der Waals surface area contributed by atoms with Crippen LogP contribution in [-0.2, 0) is 14.3 Å². The van der Waals surface area contributed by atoms with E-state index in [1.807, 2.05) is 6.07 Å². The number of ether oxygens (including phenoxy) is 1. The second kappa shape index (κ2) is 7.72. The van der Waals surface area contributed by atoms with Crippen LogP contribution in [0, 0.1) is 0 Å². The maximum Gasteiger partial charge on any atom is 0.303 e. The number of Topliss-reactive ketones (excluding diaryl/α,β-unsaturated/α-hetero) is 2. The highest BCUT2D eigenvalue weighted by molar-refractivity contribution is 5.98. The third-order valence-corrected chi connectivity index (χ3v) is 3.15. The average Bonchev–Trinajstić information content (AvgIpc) is 2.42. The summed E-state index contributed by atoms with van der Waals surface area (Å²) in [4.78, 5) is 34.6. The number of esters is 1. The number of hydrogen-bond donors (Lipinski definition) is 0. The molecule has 0 aliphatic carbocycles. The molecule has 1 aromatic carbocycles. The van der Waals surface area contributed by atoms with Crippen molar-refractivity contribution in [1.29, 1.82) is 0 Å². The lowest BCUT2D eigenvalue weighted by Crippen LogP contribution is -2.27. The molecule has 0 N–H and O–H groups in total. The Labute approximate surface area is 125 Å². The van der Waals surface area contributed by atoms with Crippen LogP contribution in [0.4, 0.5) is 0 Å². The number of rotatable bonds is 8.